The average Bonchev–Trinajstić information content (AvgIpc) is 2.63. The van der Waals surface area contributed by atoms with Gasteiger partial charge in [-0.1, -0.05) is 24.3 Å². The van der Waals surface area contributed by atoms with E-state index >= 15 is 0 Å². The summed E-state index contributed by atoms with van der Waals surface area (Å²) in [5.74, 6) is -0.158. The number of piperazine rings is 1. The largest absolute Gasteiger partial charge is 0.369 e. The lowest BCUT2D eigenvalue weighted by atomic mass is 10.1. The van der Waals surface area contributed by atoms with Crippen LogP contribution in [0.5, 0.6) is 0 Å². The molecule has 136 valence electrons. The number of nitrogens with zero attached hydrogens (tertiary/aromatic N) is 3. The molecular weight excluding hydrogens is 332 g/mol. The summed E-state index contributed by atoms with van der Waals surface area (Å²) in [5.41, 5.74) is 2.91. The fraction of sp³-hybridized carbons (Fsp3) is 0.316. The molecule has 0 aromatic heterocycles. The fourth-order valence-corrected chi connectivity index (χ4v) is 3.17. The van der Waals surface area contributed by atoms with E-state index in [1.807, 2.05) is 12.1 Å². The lowest BCUT2D eigenvalue weighted by molar-refractivity contribution is -0.384. The van der Waals surface area contributed by atoms with Crippen molar-refractivity contribution in [2.75, 3.05) is 42.9 Å². The van der Waals surface area contributed by atoms with E-state index in [4.69, 9.17) is 0 Å². The van der Waals surface area contributed by atoms with Crippen LogP contribution in [0.2, 0.25) is 0 Å². The Hall–Kier alpha value is -2.93. The van der Waals surface area contributed by atoms with E-state index in [9.17, 15) is 14.9 Å². The molecule has 0 saturated carbocycles. The summed E-state index contributed by atoms with van der Waals surface area (Å²) >= 11 is 0. The van der Waals surface area contributed by atoms with Crippen molar-refractivity contribution in [3.63, 3.8) is 0 Å². The number of hydrogen-bond acceptors (Lipinski definition) is 5. The van der Waals surface area contributed by atoms with Gasteiger partial charge in [0.25, 0.3) is 5.69 Å². The first-order chi connectivity index (χ1) is 12.5. The minimum atomic E-state index is -0.472. The van der Waals surface area contributed by atoms with Crippen molar-refractivity contribution >= 4 is 23.0 Å². The predicted octanol–water partition coefficient (Wildman–Crippen LogP) is 2.66. The Balaban J connectivity index is 1.51. The lowest BCUT2D eigenvalue weighted by Crippen LogP contribution is -2.48. The molecule has 0 aliphatic carbocycles. The zero-order valence-corrected chi connectivity index (χ0v) is 14.7. The highest BCUT2D eigenvalue weighted by atomic mass is 16.6. The van der Waals surface area contributed by atoms with Crippen molar-refractivity contribution in [3.05, 3.63) is 64.2 Å². The molecule has 0 radical (unpaired) electrons. The van der Waals surface area contributed by atoms with Gasteiger partial charge in [0.2, 0.25) is 5.91 Å². The van der Waals surface area contributed by atoms with E-state index in [-0.39, 0.29) is 18.1 Å². The topological polar surface area (TPSA) is 78.7 Å². The van der Waals surface area contributed by atoms with Crippen molar-refractivity contribution in [2.24, 2.45) is 0 Å². The number of para-hydroxylation sites is 1. The van der Waals surface area contributed by atoms with Crippen molar-refractivity contribution in [1.29, 1.82) is 0 Å². The molecule has 0 bridgehead atoms. The molecule has 1 fully saturated rings. The van der Waals surface area contributed by atoms with Gasteiger partial charge in [-0.05, 0) is 24.6 Å². The van der Waals surface area contributed by atoms with Crippen LogP contribution in [0, 0.1) is 17.0 Å². The van der Waals surface area contributed by atoms with Gasteiger partial charge in [0.1, 0.15) is 0 Å². The van der Waals surface area contributed by atoms with Crippen LogP contribution in [-0.4, -0.2) is 48.5 Å². The number of carbonyl (C=O) groups is 1. The molecule has 1 aliphatic rings. The van der Waals surface area contributed by atoms with E-state index in [2.05, 4.69) is 34.2 Å². The third kappa shape index (κ3) is 4.37. The molecule has 1 saturated heterocycles. The molecule has 0 unspecified atom stereocenters. The summed E-state index contributed by atoms with van der Waals surface area (Å²) in [6.07, 6.45) is 0. The second-order valence-electron chi connectivity index (χ2n) is 6.41. The van der Waals surface area contributed by atoms with E-state index in [0.29, 0.717) is 5.69 Å². The summed E-state index contributed by atoms with van der Waals surface area (Å²) < 4.78 is 0. The van der Waals surface area contributed by atoms with Gasteiger partial charge >= 0.3 is 0 Å². The Morgan fingerprint density at radius 1 is 1.12 bits per heavy atom. The molecule has 2 aromatic carbocycles. The number of anilines is 2. The van der Waals surface area contributed by atoms with Crippen molar-refractivity contribution in [2.45, 2.75) is 6.92 Å². The highest BCUT2D eigenvalue weighted by Gasteiger charge is 2.20. The van der Waals surface area contributed by atoms with Gasteiger partial charge in [-0.15, -0.1) is 0 Å². The first-order valence-electron chi connectivity index (χ1n) is 8.60. The Morgan fingerprint density at radius 2 is 1.85 bits per heavy atom. The van der Waals surface area contributed by atoms with Crippen LogP contribution in [0.15, 0.2) is 48.5 Å². The van der Waals surface area contributed by atoms with Crippen molar-refractivity contribution in [3.8, 4) is 0 Å². The summed E-state index contributed by atoms with van der Waals surface area (Å²) in [7, 11) is 0. The highest BCUT2D eigenvalue weighted by molar-refractivity contribution is 5.92. The second-order valence-corrected chi connectivity index (χ2v) is 6.41. The van der Waals surface area contributed by atoms with Crippen LogP contribution in [0.25, 0.3) is 0 Å². The summed E-state index contributed by atoms with van der Waals surface area (Å²) in [4.78, 5) is 27.0. The standard InChI is InChI=1S/C19H22N4O3/c1-15-5-2-3-8-18(15)22-11-9-21(10-12-22)14-19(24)20-16-6-4-7-17(13-16)23(25)26/h2-8,13H,9-12,14H2,1H3,(H,20,24). The van der Waals surface area contributed by atoms with Gasteiger partial charge in [0.05, 0.1) is 11.5 Å². The normalized spacial score (nSPS) is 14.9. The smallest absolute Gasteiger partial charge is 0.271 e. The summed E-state index contributed by atoms with van der Waals surface area (Å²) in [5, 5.41) is 13.5. The van der Waals surface area contributed by atoms with Gasteiger partial charge in [0.15, 0.2) is 0 Å². The van der Waals surface area contributed by atoms with Crippen LogP contribution in [0.4, 0.5) is 17.1 Å². The maximum atomic E-state index is 12.2. The van der Waals surface area contributed by atoms with Gasteiger partial charge in [0, 0.05) is 49.7 Å². The number of rotatable bonds is 5. The van der Waals surface area contributed by atoms with E-state index in [1.54, 1.807) is 12.1 Å². The van der Waals surface area contributed by atoms with Gasteiger partial charge < -0.3 is 10.2 Å². The molecule has 1 N–H and O–H groups in total. The van der Waals surface area contributed by atoms with Crippen LogP contribution in [0.3, 0.4) is 0 Å². The molecule has 0 spiro atoms. The average molecular weight is 354 g/mol. The SMILES string of the molecule is Cc1ccccc1N1CCN(CC(=O)Nc2cccc([N+](=O)[O-])c2)CC1. The molecule has 7 nitrogen and oxygen atoms in total. The fourth-order valence-electron chi connectivity index (χ4n) is 3.17. The predicted molar refractivity (Wildman–Crippen MR) is 102 cm³/mol. The van der Waals surface area contributed by atoms with Crippen molar-refractivity contribution < 1.29 is 9.72 Å². The van der Waals surface area contributed by atoms with Crippen LogP contribution >= 0.6 is 0 Å². The van der Waals surface area contributed by atoms with Gasteiger partial charge in [-0.2, -0.15) is 0 Å². The monoisotopic (exact) mass is 354 g/mol. The number of nitro groups is 1. The Morgan fingerprint density at radius 3 is 2.54 bits per heavy atom. The number of nitrogens with one attached hydrogen (secondary N) is 1. The first-order valence-corrected chi connectivity index (χ1v) is 8.60. The van der Waals surface area contributed by atoms with Crippen LogP contribution in [0.1, 0.15) is 5.56 Å². The third-order valence-electron chi connectivity index (χ3n) is 4.54. The molecule has 26 heavy (non-hydrogen) atoms. The molecule has 3 rings (SSSR count). The number of aryl methyl sites for hydroxylation is 1. The number of carbonyl (C=O) groups excluding carboxylic acids is 1. The molecule has 1 aliphatic heterocycles. The molecule has 0 atom stereocenters. The minimum Gasteiger partial charge on any atom is -0.369 e. The van der Waals surface area contributed by atoms with E-state index < -0.39 is 4.92 Å². The zero-order chi connectivity index (χ0) is 18.5. The maximum absolute atomic E-state index is 12.2. The molecular formula is C19H22N4O3. The molecule has 1 heterocycles. The highest BCUT2D eigenvalue weighted by Crippen LogP contribution is 2.21. The maximum Gasteiger partial charge on any atom is 0.271 e. The second kappa shape index (κ2) is 7.97. The number of nitro benzene ring substituents is 1. The Labute approximate surface area is 152 Å². The minimum absolute atomic E-state index is 0.0327. The lowest BCUT2D eigenvalue weighted by Gasteiger charge is -2.36. The summed E-state index contributed by atoms with van der Waals surface area (Å²) in [6, 6.07) is 14.3. The van der Waals surface area contributed by atoms with Crippen LogP contribution in [-0.2, 0) is 4.79 Å². The first kappa shape index (κ1) is 17.9. The Kier molecular flexibility index (Phi) is 5.48. The number of non-ortho nitro benzene ring substituents is 1. The number of benzene rings is 2. The quantitative estimate of drug-likeness (QED) is 0.660. The molecule has 7 heteroatoms. The van der Waals surface area contributed by atoms with Crippen LogP contribution < -0.4 is 10.2 Å². The van der Waals surface area contributed by atoms with Crippen molar-refractivity contribution in [1.82, 2.24) is 4.90 Å². The van der Waals surface area contributed by atoms with E-state index in [1.165, 1.54) is 23.4 Å². The molecule has 1 amide bonds. The van der Waals surface area contributed by atoms with E-state index in [0.717, 1.165) is 26.2 Å². The summed E-state index contributed by atoms with van der Waals surface area (Å²) in [6.45, 7) is 5.73. The van der Waals surface area contributed by atoms with Gasteiger partial charge in [-0.3, -0.25) is 19.8 Å². The van der Waals surface area contributed by atoms with Gasteiger partial charge in [-0.25, -0.2) is 0 Å². The Bertz CT molecular complexity index is 801. The number of amides is 1. The third-order valence-corrected chi connectivity index (χ3v) is 4.54. The number of hydrogen-bond donors (Lipinski definition) is 1. The zero-order valence-electron chi connectivity index (χ0n) is 14.7. The molecule has 2 aromatic rings.